The summed E-state index contributed by atoms with van der Waals surface area (Å²) in [4.78, 5) is 5.34. The van der Waals surface area contributed by atoms with Gasteiger partial charge >= 0.3 is 0 Å². The Bertz CT molecular complexity index is 230. The predicted octanol–water partition coefficient (Wildman–Crippen LogP) is 2.18. The van der Waals surface area contributed by atoms with Gasteiger partial charge in [0.1, 0.15) is 0 Å². The van der Waals surface area contributed by atoms with Crippen LogP contribution < -0.4 is 5.32 Å². The monoisotopic (exact) mass is 267 g/mol. The van der Waals surface area contributed by atoms with Crippen molar-refractivity contribution < 1.29 is 0 Å². The first kappa shape index (κ1) is 15.3. The Balaban J connectivity index is 1.66. The second kappa shape index (κ2) is 8.23. The Morgan fingerprint density at radius 2 is 2.00 bits per heavy atom. The largest absolute Gasteiger partial charge is 0.316 e. The third-order valence-corrected chi connectivity index (χ3v) is 4.74. The highest BCUT2D eigenvalue weighted by atomic mass is 15.2. The Morgan fingerprint density at radius 3 is 2.63 bits per heavy atom. The van der Waals surface area contributed by atoms with E-state index in [-0.39, 0.29) is 0 Å². The lowest BCUT2D eigenvalue weighted by atomic mass is 9.98. The lowest BCUT2D eigenvalue weighted by Crippen LogP contribution is -2.42. The zero-order chi connectivity index (χ0) is 13.5. The summed E-state index contributed by atoms with van der Waals surface area (Å²) < 4.78 is 0. The molecule has 112 valence electrons. The minimum atomic E-state index is 0.695. The molecule has 0 saturated carbocycles. The van der Waals surface area contributed by atoms with E-state index in [1.165, 1.54) is 77.9 Å². The van der Waals surface area contributed by atoms with Crippen LogP contribution in [-0.4, -0.2) is 61.7 Å². The first-order chi connectivity index (χ1) is 9.25. The molecule has 0 aromatic carbocycles. The zero-order valence-electron chi connectivity index (χ0n) is 13.0. The van der Waals surface area contributed by atoms with Crippen LogP contribution in [0.25, 0.3) is 0 Å². The lowest BCUT2D eigenvalue weighted by molar-refractivity contribution is 0.162. The van der Waals surface area contributed by atoms with Crippen molar-refractivity contribution in [2.24, 2.45) is 5.92 Å². The summed E-state index contributed by atoms with van der Waals surface area (Å²) in [6.45, 7) is 13.7. The number of rotatable bonds is 7. The van der Waals surface area contributed by atoms with E-state index in [1.807, 2.05) is 0 Å². The molecule has 0 bridgehead atoms. The highest BCUT2D eigenvalue weighted by Gasteiger charge is 2.19. The van der Waals surface area contributed by atoms with Crippen LogP contribution in [0.4, 0.5) is 0 Å². The van der Waals surface area contributed by atoms with Gasteiger partial charge in [0.2, 0.25) is 0 Å². The first-order valence-corrected chi connectivity index (χ1v) is 8.43. The maximum Gasteiger partial charge on any atom is 0.00387 e. The van der Waals surface area contributed by atoms with E-state index in [0.717, 1.165) is 5.92 Å². The van der Waals surface area contributed by atoms with E-state index < -0.39 is 0 Å². The van der Waals surface area contributed by atoms with Gasteiger partial charge in [0.25, 0.3) is 0 Å². The summed E-state index contributed by atoms with van der Waals surface area (Å²) >= 11 is 0. The maximum atomic E-state index is 3.55. The smallest absolute Gasteiger partial charge is 0.00387 e. The summed E-state index contributed by atoms with van der Waals surface area (Å²) in [5, 5.41) is 3.55. The SMILES string of the molecule is CC(C)N(CCCN1CCCC1)CC1CCCNC1. The predicted molar refractivity (Wildman–Crippen MR) is 82.6 cm³/mol. The Morgan fingerprint density at radius 1 is 1.21 bits per heavy atom. The van der Waals surface area contributed by atoms with E-state index in [2.05, 4.69) is 29.0 Å². The summed E-state index contributed by atoms with van der Waals surface area (Å²) in [6.07, 6.45) is 6.97. The van der Waals surface area contributed by atoms with Crippen molar-refractivity contribution in [1.82, 2.24) is 15.1 Å². The van der Waals surface area contributed by atoms with Crippen molar-refractivity contribution in [3.05, 3.63) is 0 Å². The maximum absolute atomic E-state index is 3.55. The van der Waals surface area contributed by atoms with Crippen LogP contribution in [0, 0.1) is 5.92 Å². The number of piperidine rings is 1. The molecular formula is C16H33N3. The number of hydrogen-bond donors (Lipinski definition) is 1. The summed E-state index contributed by atoms with van der Waals surface area (Å²) in [5.74, 6) is 0.878. The average molecular weight is 267 g/mol. The van der Waals surface area contributed by atoms with Crippen LogP contribution in [0.3, 0.4) is 0 Å². The van der Waals surface area contributed by atoms with E-state index in [0.29, 0.717) is 6.04 Å². The topological polar surface area (TPSA) is 18.5 Å². The van der Waals surface area contributed by atoms with Crippen molar-refractivity contribution in [2.75, 3.05) is 45.8 Å². The van der Waals surface area contributed by atoms with Crippen LogP contribution >= 0.6 is 0 Å². The molecule has 0 radical (unpaired) electrons. The molecule has 0 aromatic heterocycles. The van der Waals surface area contributed by atoms with Gasteiger partial charge < -0.3 is 15.1 Å². The molecule has 3 nitrogen and oxygen atoms in total. The first-order valence-electron chi connectivity index (χ1n) is 8.43. The third-order valence-electron chi connectivity index (χ3n) is 4.74. The molecule has 2 rings (SSSR count). The van der Waals surface area contributed by atoms with Gasteiger partial charge in [0, 0.05) is 12.6 Å². The summed E-state index contributed by atoms with van der Waals surface area (Å²) in [6, 6.07) is 0.695. The number of hydrogen-bond acceptors (Lipinski definition) is 3. The molecule has 0 spiro atoms. The minimum Gasteiger partial charge on any atom is -0.316 e. The standard InChI is InChI=1S/C16H33N3/c1-15(2)19(14-16-7-5-8-17-13-16)12-6-11-18-9-3-4-10-18/h15-17H,3-14H2,1-2H3. The molecule has 0 aromatic rings. The van der Waals surface area contributed by atoms with Gasteiger partial charge in [-0.05, 0) is 91.1 Å². The molecule has 1 N–H and O–H groups in total. The van der Waals surface area contributed by atoms with Gasteiger partial charge in [-0.2, -0.15) is 0 Å². The number of nitrogens with zero attached hydrogens (tertiary/aromatic N) is 2. The van der Waals surface area contributed by atoms with Crippen LogP contribution in [0.2, 0.25) is 0 Å². The normalized spacial score (nSPS) is 25.6. The third kappa shape index (κ3) is 5.41. The fraction of sp³-hybridized carbons (Fsp3) is 1.00. The zero-order valence-corrected chi connectivity index (χ0v) is 13.0. The molecule has 2 fully saturated rings. The molecule has 2 aliphatic rings. The molecule has 2 aliphatic heterocycles. The van der Waals surface area contributed by atoms with Crippen molar-refractivity contribution in [1.29, 1.82) is 0 Å². The highest BCUT2D eigenvalue weighted by Crippen LogP contribution is 2.14. The second-order valence-corrected chi connectivity index (χ2v) is 6.70. The molecular weight excluding hydrogens is 234 g/mol. The quantitative estimate of drug-likeness (QED) is 0.763. The van der Waals surface area contributed by atoms with Gasteiger partial charge in [0.15, 0.2) is 0 Å². The van der Waals surface area contributed by atoms with E-state index >= 15 is 0 Å². The minimum absolute atomic E-state index is 0.695. The van der Waals surface area contributed by atoms with Crippen LogP contribution in [0.15, 0.2) is 0 Å². The van der Waals surface area contributed by atoms with Crippen molar-refractivity contribution >= 4 is 0 Å². The molecule has 3 heteroatoms. The molecule has 1 atom stereocenters. The van der Waals surface area contributed by atoms with Crippen molar-refractivity contribution in [3.8, 4) is 0 Å². The lowest BCUT2D eigenvalue weighted by Gasteiger charge is -2.33. The molecule has 2 heterocycles. The summed E-state index contributed by atoms with van der Waals surface area (Å²) in [7, 11) is 0. The van der Waals surface area contributed by atoms with Gasteiger partial charge in [-0.25, -0.2) is 0 Å². The van der Waals surface area contributed by atoms with E-state index in [9.17, 15) is 0 Å². The van der Waals surface area contributed by atoms with Crippen LogP contribution in [0.1, 0.15) is 46.0 Å². The van der Waals surface area contributed by atoms with Crippen molar-refractivity contribution in [3.63, 3.8) is 0 Å². The van der Waals surface area contributed by atoms with E-state index in [1.54, 1.807) is 0 Å². The summed E-state index contributed by atoms with van der Waals surface area (Å²) in [5.41, 5.74) is 0. The second-order valence-electron chi connectivity index (χ2n) is 6.70. The van der Waals surface area contributed by atoms with Crippen molar-refractivity contribution in [2.45, 2.75) is 52.0 Å². The van der Waals surface area contributed by atoms with Crippen LogP contribution in [-0.2, 0) is 0 Å². The average Bonchev–Trinajstić information content (AvgIpc) is 2.92. The number of likely N-dealkylation sites (tertiary alicyclic amines) is 1. The molecule has 0 aliphatic carbocycles. The van der Waals surface area contributed by atoms with E-state index in [4.69, 9.17) is 0 Å². The van der Waals surface area contributed by atoms with Gasteiger partial charge in [-0.3, -0.25) is 0 Å². The molecule has 2 saturated heterocycles. The highest BCUT2D eigenvalue weighted by molar-refractivity contribution is 4.75. The Hall–Kier alpha value is -0.120. The number of nitrogens with one attached hydrogen (secondary N) is 1. The molecule has 19 heavy (non-hydrogen) atoms. The fourth-order valence-corrected chi connectivity index (χ4v) is 3.48. The Kier molecular flexibility index (Phi) is 6.62. The van der Waals surface area contributed by atoms with Crippen LogP contribution in [0.5, 0.6) is 0 Å². The van der Waals surface area contributed by atoms with Gasteiger partial charge in [-0.15, -0.1) is 0 Å². The van der Waals surface area contributed by atoms with Gasteiger partial charge in [0.05, 0.1) is 0 Å². The Labute approximate surface area is 119 Å². The fourth-order valence-electron chi connectivity index (χ4n) is 3.48. The molecule has 1 unspecified atom stereocenters. The molecule has 0 amide bonds. The van der Waals surface area contributed by atoms with Gasteiger partial charge in [-0.1, -0.05) is 0 Å².